The van der Waals surface area contributed by atoms with E-state index in [1.54, 1.807) is 19.9 Å². The van der Waals surface area contributed by atoms with E-state index in [0.717, 1.165) is 27.8 Å². The number of aliphatic hydroxyl groups excluding tert-OH is 2. The third kappa shape index (κ3) is 24.4. The third-order valence-corrected chi connectivity index (χ3v) is 11.9. The fraction of sp³-hybridized carbons (Fsp3) is 0.533. The van der Waals surface area contributed by atoms with Gasteiger partial charge in [-0.2, -0.15) is 0 Å². The normalized spacial score (nSPS) is 11.0. The largest absolute Gasteiger partial charge is 0.459 e. The second-order valence-corrected chi connectivity index (χ2v) is 14.9. The summed E-state index contributed by atoms with van der Waals surface area (Å²) in [6.45, 7) is 7.38. The van der Waals surface area contributed by atoms with Gasteiger partial charge in [-0.3, -0.25) is 4.79 Å². The molecule has 2 aromatic carbocycles. The van der Waals surface area contributed by atoms with Crippen molar-refractivity contribution >= 4 is 158 Å². The molecule has 42 heavy (non-hydrogen) atoms. The van der Waals surface area contributed by atoms with Crippen LogP contribution in [0, 0.1) is 21.4 Å². The van der Waals surface area contributed by atoms with Gasteiger partial charge in [-0.25, -0.2) is 4.79 Å². The van der Waals surface area contributed by atoms with E-state index < -0.39 is 11.3 Å². The van der Waals surface area contributed by atoms with Crippen molar-refractivity contribution in [2.24, 2.45) is 0 Å². The molecule has 0 radical (unpaired) electrons. The first-order chi connectivity index (χ1) is 16.6. The summed E-state index contributed by atoms with van der Waals surface area (Å²) in [6, 6.07) is 7.65. The zero-order valence-electron chi connectivity index (χ0n) is 19.9. The van der Waals surface area contributed by atoms with Gasteiger partial charge >= 0.3 is 5.97 Å². The van der Waals surface area contributed by atoms with E-state index in [-0.39, 0.29) is 62.7 Å². The first-order valence-corrected chi connectivity index (χ1v) is 17.5. The fourth-order valence-corrected chi connectivity index (χ4v) is 7.38. The highest BCUT2D eigenvalue weighted by Crippen LogP contribution is 2.25. The topological polar surface area (TPSA) is 83.8 Å². The van der Waals surface area contributed by atoms with Crippen molar-refractivity contribution < 1.29 is 24.5 Å². The molecule has 2 aromatic rings. The number of ether oxygens (including phenoxy) is 1. The van der Waals surface area contributed by atoms with E-state index in [9.17, 15) is 14.7 Å². The van der Waals surface area contributed by atoms with Gasteiger partial charge in [-0.15, -0.1) is 0 Å². The lowest BCUT2D eigenvalue weighted by molar-refractivity contribution is 0.0157. The summed E-state index contributed by atoms with van der Waals surface area (Å²) in [4.78, 5) is 23.1. The average Bonchev–Trinajstić information content (AvgIpc) is 2.78. The minimum atomic E-state index is -0.465. The molecule has 12 heteroatoms. The number of hydrogen-bond donors (Lipinski definition) is 2. The number of halogens is 7. The van der Waals surface area contributed by atoms with E-state index in [4.69, 9.17) is 21.4 Å². The van der Waals surface area contributed by atoms with E-state index in [1.165, 1.54) is 0 Å². The van der Waals surface area contributed by atoms with Gasteiger partial charge in [0.2, 0.25) is 0 Å². The Balaban J connectivity index is -0.0000000934. The summed E-state index contributed by atoms with van der Waals surface area (Å²) in [5, 5.41) is 17.4. The molecule has 250 valence electrons. The Morgan fingerprint density at radius 2 is 1.07 bits per heavy atom. The summed E-state index contributed by atoms with van der Waals surface area (Å²) in [5.41, 5.74) is 1.19. The molecule has 0 spiro atoms. The Morgan fingerprint density at radius 1 is 0.714 bits per heavy atom. The Kier molecular flexibility index (Phi) is 45.0. The van der Waals surface area contributed by atoms with Gasteiger partial charge in [0.15, 0.2) is 0 Å². The summed E-state index contributed by atoms with van der Waals surface area (Å²) >= 11 is 18.4. The Hall–Kier alpha value is 2.17. The highest BCUT2D eigenvalue weighted by atomic mass is 127. The van der Waals surface area contributed by atoms with Crippen molar-refractivity contribution in [2.45, 2.75) is 110 Å². The maximum atomic E-state index is 12.2. The Labute approximate surface area is 344 Å². The standard InChI is InChI=1S/C13H15I3O3.C7H2ClI3O.C4H10O.6CH4/c1-3-9(4-7(2)17)19-13(18)10-5-8(14)6-11(15)12(10)16;8-7(12)4-1-3(9)2-5(10)6(4)11;1-3-4(2)5;;;;;;/h5-7,9,17H,3-4H2,1-2H3;1-2H;4-5H,3H2,1-2H3;6*1H4. The molecule has 5 nitrogen and oxygen atoms in total. The van der Waals surface area contributed by atoms with Crippen LogP contribution in [0.15, 0.2) is 24.3 Å². The van der Waals surface area contributed by atoms with Gasteiger partial charge in [0.1, 0.15) is 6.10 Å². The molecular formula is C30H51ClI6O5. The number of esters is 1. The lowest BCUT2D eigenvalue weighted by Gasteiger charge is -2.18. The zero-order valence-corrected chi connectivity index (χ0v) is 33.6. The molecule has 0 fully saturated rings. The summed E-state index contributed by atoms with van der Waals surface area (Å²) in [6.07, 6.45) is 1.22. The molecule has 3 unspecified atom stereocenters. The second-order valence-electron chi connectivity index (χ2n) is 7.55. The lowest BCUT2D eigenvalue weighted by atomic mass is 10.1. The molecule has 2 rings (SSSR count). The number of rotatable bonds is 7. The quantitative estimate of drug-likeness (QED) is 0.125. The highest BCUT2D eigenvalue weighted by Gasteiger charge is 2.20. The zero-order chi connectivity index (χ0) is 28.2. The Bertz CT molecular complexity index is 1020. The minimum absolute atomic E-state index is 0. The van der Waals surface area contributed by atoms with Gasteiger partial charge in [-0.1, -0.05) is 58.4 Å². The summed E-state index contributed by atoms with van der Waals surface area (Å²) in [5.74, 6) is -0.312. The first kappa shape index (κ1) is 59.6. The number of hydrogen-bond acceptors (Lipinski definition) is 5. The van der Waals surface area contributed by atoms with Crippen LogP contribution < -0.4 is 0 Å². The minimum Gasteiger partial charge on any atom is -0.459 e. The number of carbonyl (C=O) groups excluding carboxylic acids is 2. The van der Waals surface area contributed by atoms with E-state index in [0.29, 0.717) is 24.0 Å². The van der Waals surface area contributed by atoms with Crippen LogP contribution in [-0.2, 0) is 4.74 Å². The van der Waals surface area contributed by atoms with Crippen molar-refractivity contribution in [3.63, 3.8) is 0 Å². The molecule has 0 aliphatic heterocycles. The van der Waals surface area contributed by atoms with Crippen LogP contribution in [0.3, 0.4) is 0 Å². The smallest absolute Gasteiger partial charge is 0.339 e. The van der Waals surface area contributed by atoms with Crippen molar-refractivity contribution in [1.82, 2.24) is 0 Å². The van der Waals surface area contributed by atoms with Crippen LogP contribution in [0.2, 0.25) is 0 Å². The van der Waals surface area contributed by atoms with Crippen molar-refractivity contribution in [1.29, 1.82) is 0 Å². The van der Waals surface area contributed by atoms with E-state index >= 15 is 0 Å². The van der Waals surface area contributed by atoms with Crippen molar-refractivity contribution in [3.8, 4) is 0 Å². The molecule has 0 amide bonds. The van der Waals surface area contributed by atoms with E-state index in [1.807, 2.05) is 32.0 Å². The maximum Gasteiger partial charge on any atom is 0.339 e. The van der Waals surface area contributed by atoms with E-state index in [2.05, 4.69) is 136 Å². The molecule has 0 saturated carbocycles. The monoisotopic (exact) mass is 1290 g/mol. The van der Waals surface area contributed by atoms with Crippen LogP contribution in [0.1, 0.15) is 112 Å². The van der Waals surface area contributed by atoms with Crippen LogP contribution >= 0.6 is 147 Å². The predicted octanol–water partition coefficient (Wildman–Crippen LogP) is 12.7. The summed E-state index contributed by atoms with van der Waals surface area (Å²) < 4.78 is 11.5. The predicted molar refractivity (Wildman–Crippen MR) is 238 cm³/mol. The SMILES string of the molecule is C.C.C.C.C.C.CCC(C)O.CCC(CC(C)O)OC(=O)c1cc(I)cc(I)c1I.O=C(Cl)c1cc(I)cc(I)c1I. The molecule has 0 aliphatic rings. The second kappa shape index (κ2) is 31.8. The molecule has 0 heterocycles. The number of benzene rings is 2. The first-order valence-electron chi connectivity index (χ1n) is 10.7. The van der Waals surface area contributed by atoms with Crippen LogP contribution in [0.25, 0.3) is 0 Å². The van der Waals surface area contributed by atoms with Gasteiger partial charge in [0, 0.05) is 33.4 Å². The van der Waals surface area contributed by atoms with Gasteiger partial charge < -0.3 is 14.9 Å². The lowest BCUT2D eigenvalue weighted by Crippen LogP contribution is -2.22. The number of aliphatic hydroxyl groups is 2. The number of carbonyl (C=O) groups is 2. The molecule has 0 bridgehead atoms. The summed E-state index contributed by atoms with van der Waals surface area (Å²) in [7, 11) is 0. The Morgan fingerprint density at radius 3 is 1.38 bits per heavy atom. The molecular weight excluding hydrogens is 1240 g/mol. The molecule has 0 saturated heterocycles. The van der Waals surface area contributed by atoms with Crippen LogP contribution in [-0.4, -0.2) is 39.7 Å². The molecule has 2 N–H and O–H groups in total. The molecule has 0 aliphatic carbocycles. The third-order valence-electron chi connectivity index (χ3n) is 4.34. The van der Waals surface area contributed by atoms with Crippen LogP contribution in [0.4, 0.5) is 0 Å². The fourth-order valence-electron chi connectivity index (χ4n) is 2.30. The molecule has 3 atom stereocenters. The van der Waals surface area contributed by atoms with Crippen molar-refractivity contribution in [3.05, 3.63) is 56.8 Å². The average molecular weight is 1290 g/mol. The van der Waals surface area contributed by atoms with Gasteiger partial charge in [0.25, 0.3) is 5.24 Å². The van der Waals surface area contributed by atoms with Crippen molar-refractivity contribution in [2.75, 3.05) is 0 Å². The van der Waals surface area contributed by atoms with Crippen LogP contribution in [0.5, 0.6) is 0 Å². The van der Waals surface area contributed by atoms with Gasteiger partial charge in [0.05, 0.1) is 17.8 Å². The van der Waals surface area contributed by atoms with Gasteiger partial charge in [-0.05, 0) is 198 Å². The maximum absolute atomic E-state index is 12.2. The highest BCUT2D eigenvalue weighted by molar-refractivity contribution is 14.1. The molecule has 0 aromatic heterocycles.